The third-order valence-electron chi connectivity index (χ3n) is 2.94. The molecule has 2 N–H and O–H groups in total. The number of aryl methyl sites for hydroxylation is 2. The van der Waals surface area contributed by atoms with Crippen LogP contribution in [0, 0.1) is 0 Å². The fourth-order valence-corrected chi connectivity index (χ4v) is 2.06. The van der Waals surface area contributed by atoms with Crippen LogP contribution >= 0.6 is 0 Å². The first-order valence-electron chi connectivity index (χ1n) is 5.92. The molecule has 0 amide bonds. The number of aromatic amines is 2. The van der Waals surface area contributed by atoms with Crippen molar-refractivity contribution in [3.05, 3.63) is 64.5 Å². The Kier molecular flexibility index (Phi) is 2.68. The summed E-state index contributed by atoms with van der Waals surface area (Å²) in [5.74, 6) is 0.723. The van der Waals surface area contributed by atoms with Gasteiger partial charge in [0.2, 0.25) is 0 Å². The van der Waals surface area contributed by atoms with E-state index in [1.165, 1.54) is 11.5 Å². The highest BCUT2D eigenvalue weighted by Gasteiger charge is 2.01. The van der Waals surface area contributed by atoms with Crippen LogP contribution in [0.15, 0.2) is 47.4 Å². The van der Waals surface area contributed by atoms with Gasteiger partial charge in [0.05, 0.1) is 0 Å². The first-order valence-corrected chi connectivity index (χ1v) is 5.92. The summed E-state index contributed by atoms with van der Waals surface area (Å²) in [4.78, 5) is 21.4. The first kappa shape index (κ1) is 10.8. The van der Waals surface area contributed by atoms with E-state index in [2.05, 4.69) is 33.2 Å². The lowest BCUT2D eigenvalue weighted by Gasteiger charge is -1.98. The van der Waals surface area contributed by atoms with Crippen LogP contribution in [0.2, 0.25) is 0 Å². The van der Waals surface area contributed by atoms with E-state index in [4.69, 9.17) is 0 Å². The molecule has 18 heavy (non-hydrogen) atoms. The van der Waals surface area contributed by atoms with E-state index >= 15 is 0 Å². The van der Waals surface area contributed by atoms with Crippen molar-refractivity contribution < 1.29 is 0 Å². The maximum Gasteiger partial charge on any atom is 0.250 e. The summed E-state index contributed by atoms with van der Waals surface area (Å²) >= 11 is 0. The number of nitrogens with zero attached hydrogens (tertiary/aromatic N) is 1. The topological polar surface area (TPSA) is 61.5 Å². The maximum atomic E-state index is 11.1. The fourth-order valence-electron chi connectivity index (χ4n) is 2.06. The molecule has 2 aromatic heterocycles. The lowest BCUT2D eigenvalue weighted by Crippen LogP contribution is -2.09. The molecular formula is C14H13N3O. The van der Waals surface area contributed by atoms with Crippen LogP contribution in [0.5, 0.6) is 0 Å². The van der Waals surface area contributed by atoms with Crippen molar-refractivity contribution in [3.63, 3.8) is 0 Å². The number of H-pyrrole nitrogens is 2. The maximum absolute atomic E-state index is 11.1. The van der Waals surface area contributed by atoms with Crippen molar-refractivity contribution in [1.82, 2.24) is 15.0 Å². The van der Waals surface area contributed by atoms with Crippen molar-refractivity contribution >= 4 is 10.9 Å². The van der Waals surface area contributed by atoms with Gasteiger partial charge in [0, 0.05) is 29.9 Å². The largest absolute Gasteiger partial charge is 0.358 e. The predicted octanol–water partition coefficient (Wildman–Crippen LogP) is 2.04. The quantitative estimate of drug-likeness (QED) is 0.734. The lowest BCUT2D eigenvalue weighted by molar-refractivity contribution is 0.834. The molecule has 0 spiro atoms. The number of para-hydroxylation sites is 1. The van der Waals surface area contributed by atoms with E-state index in [0.717, 1.165) is 29.9 Å². The first-order chi connectivity index (χ1) is 8.81. The molecule has 0 bridgehead atoms. The summed E-state index contributed by atoms with van der Waals surface area (Å²) in [6.45, 7) is 0. The number of nitrogens with one attached hydrogen (secondary N) is 2. The predicted molar refractivity (Wildman–Crippen MR) is 70.6 cm³/mol. The number of rotatable bonds is 3. The van der Waals surface area contributed by atoms with Gasteiger partial charge < -0.3 is 9.97 Å². The van der Waals surface area contributed by atoms with E-state index in [1.54, 1.807) is 6.20 Å². The van der Waals surface area contributed by atoms with Gasteiger partial charge in [-0.15, -0.1) is 0 Å². The highest BCUT2D eigenvalue weighted by atomic mass is 16.1. The van der Waals surface area contributed by atoms with Crippen molar-refractivity contribution in [1.29, 1.82) is 0 Å². The van der Waals surface area contributed by atoms with Gasteiger partial charge in [0.15, 0.2) is 0 Å². The fraction of sp³-hybridized carbons (Fsp3) is 0.143. The molecule has 0 radical (unpaired) electrons. The molecule has 3 rings (SSSR count). The minimum Gasteiger partial charge on any atom is -0.358 e. The molecule has 0 saturated heterocycles. The van der Waals surface area contributed by atoms with Crippen LogP contribution in [-0.2, 0) is 12.8 Å². The van der Waals surface area contributed by atoms with Crippen LogP contribution < -0.4 is 5.56 Å². The molecule has 1 aromatic carbocycles. The summed E-state index contributed by atoms with van der Waals surface area (Å²) in [5.41, 5.74) is 2.20. The Hall–Kier alpha value is -2.36. The van der Waals surface area contributed by atoms with Gasteiger partial charge >= 0.3 is 0 Å². The highest BCUT2D eigenvalue weighted by molar-refractivity contribution is 5.80. The Bertz CT molecular complexity index is 694. The molecule has 4 nitrogen and oxygen atoms in total. The second kappa shape index (κ2) is 4.49. The zero-order valence-corrected chi connectivity index (χ0v) is 9.81. The van der Waals surface area contributed by atoms with Crippen LogP contribution in [0.4, 0.5) is 0 Å². The lowest BCUT2D eigenvalue weighted by atomic mass is 10.2. The number of fused-ring (bicyclic) bond motifs is 1. The van der Waals surface area contributed by atoms with Crippen molar-refractivity contribution in [2.45, 2.75) is 12.8 Å². The third-order valence-corrected chi connectivity index (χ3v) is 2.94. The van der Waals surface area contributed by atoms with E-state index in [-0.39, 0.29) is 5.56 Å². The zero-order valence-electron chi connectivity index (χ0n) is 9.81. The standard InChI is InChI=1S/C14H13N3O/c18-14-7-8-15-13(17-14)6-5-11-9-10-3-1-2-4-12(10)16-11/h1-4,7-9,16H,5-6H2,(H,15,17,18). The van der Waals surface area contributed by atoms with Gasteiger partial charge in [-0.3, -0.25) is 4.79 Å². The van der Waals surface area contributed by atoms with Gasteiger partial charge in [-0.25, -0.2) is 4.98 Å². The van der Waals surface area contributed by atoms with Crippen LogP contribution in [0.25, 0.3) is 10.9 Å². The average Bonchev–Trinajstić information content (AvgIpc) is 2.79. The van der Waals surface area contributed by atoms with Crippen LogP contribution in [0.3, 0.4) is 0 Å². The van der Waals surface area contributed by atoms with Gasteiger partial charge in [0.25, 0.3) is 5.56 Å². The molecule has 0 aliphatic rings. The number of benzene rings is 1. The summed E-state index contributed by atoms with van der Waals surface area (Å²) < 4.78 is 0. The Morgan fingerprint density at radius 2 is 1.94 bits per heavy atom. The van der Waals surface area contributed by atoms with Crippen LogP contribution in [-0.4, -0.2) is 15.0 Å². The molecule has 0 aliphatic carbocycles. The zero-order chi connectivity index (χ0) is 12.4. The molecule has 0 aliphatic heterocycles. The Morgan fingerprint density at radius 3 is 2.78 bits per heavy atom. The van der Waals surface area contributed by atoms with Crippen LogP contribution in [0.1, 0.15) is 11.5 Å². The average molecular weight is 239 g/mol. The molecule has 90 valence electrons. The molecule has 2 heterocycles. The third kappa shape index (κ3) is 2.18. The Labute approximate surface area is 104 Å². The highest BCUT2D eigenvalue weighted by Crippen LogP contribution is 2.15. The summed E-state index contributed by atoms with van der Waals surface area (Å²) in [6.07, 6.45) is 3.10. The normalized spacial score (nSPS) is 10.9. The molecule has 0 atom stereocenters. The number of aromatic nitrogens is 3. The van der Waals surface area contributed by atoms with Crippen molar-refractivity contribution in [3.8, 4) is 0 Å². The van der Waals surface area contributed by atoms with Gasteiger partial charge in [0.1, 0.15) is 5.82 Å². The molecule has 0 fully saturated rings. The minimum atomic E-state index is -0.100. The summed E-state index contributed by atoms with van der Waals surface area (Å²) in [7, 11) is 0. The SMILES string of the molecule is O=c1ccnc(CCc2cc3ccccc3[nH]2)[nH]1. The summed E-state index contributed by atoms with van der Waals surface area (Å²) in [6, 6.07) is 11.7. The second-order valence-corrected chi connectivity index (χ2v) is 4.26. The van der Waals surface area contributed by atoms with Crippen molar-refractivity contribution in [2.75, 3.05) is 0 Å². The molecule has 3 aromatic rings. The number of hydrogen-bond acceptors (Lipinski definition) is 2. The molecule has 0 unspecified atom stereocenters. The molecule has 4 heteroatoms. The Morgan fingerprint density at radius 1 is 1.06 bits per heavy atom. The number of hydrogen-bond donors (Lipinski definition) is 2. The molecular weight excluding hydrogens is 226 g/mol. The second-order valence-electron chi connectivity index (χ2n) is 4.26. The van der Waals surface area contributed by atoms with Gasteiger partial charge in [-0.1, -0.05) is 18.2 Å². The van der Waals surface area contributed by atoms with Crippen molar-refractivity contribution in [2.24, 2.45) is 0 Å². The van der Waals surface area contributed by atoms with Gasteiger partial charge in [-0.05, 0) is 23.9 Å². The van der Waals surface area contributed by atoms with E-state index < -0.39 is 0 Å². The molecule has 0 saturated carbocycles. The van der Waals surface area contributed by atoms with E-state index in [9.17, 15) is 4.79 Å². The smallest absolute Gasteiger partial charge is 0.250 e. The van der Waals surface area contributed by atoms with E-state index in [0.29, 0.717) is 0 Å². The van der Waals surface area contributed by atoms with E-state index in [1.807, 2.05) is 12.1 Å². The monoisotopic (exact) mass is 239 g/mol. The Balaban J connectivity index is 1.78. The summed E-state index contributed by atoms with van der Waals surface area (Å²) in [5, 5.41) is 1.21. The van der Waals surface area contributed by atoms with Gasteiger partial charge in [-0.2, -0.15) is 0 Å². The minimum absolute atomic E-state index is 0.100.